The summed E-state index contributed by atoms with van der Waals surface area (Å²) in [5, 5.41) is 57.1. The van der Waals surface area contributed by atoms with Gasteiger partial charge in [-0.3, -0.25) is 29.0 Å². The van der Waals surface area contributed by atoms with Gasteiger partial charge >= 0.3 is 0 Å². The number of nitrogens with one attached hydrogen (secondary N) is 6. The molecule has 0 unspecified atom stereocenters. The van der Waals surface area contributed by atoms with E-state index in [9.17, 15) is 63.6 Å². The number of aromatic amines is 1. The minimum atomic E-state index is -1.81. The maximum absolute atomic E-state index is 12.8. The lowest BCUT2D eigenvalue weighted by molar-refractivity contribution is -0.311. The molecule has 1 aliphatic rings. The van der Waals surface area contributed by atoms with E-state index in [1.54, 1.807) is 0 Å². The molecule has 8 N–H and O–H groups in total. The van der Waals surface area contributed by atoms with Gasteiger partial charge in [-0.15, -0.1) is 0 Å². The fourth-order valence-electron chi connectivity index (χ4n) is 4.96. The molecule has 1 aromatic heterocycles. The van der Waals surface area contributed by atoms with Crippen molar-refractivity contribution in [3.05, 3.63) is 40.2 Å². The van der Waals surface area contributed by atoms with Gasteiger partial charge in [-0.25, -0.2) is 0 Å². The lowest BCUT2D eigenvalue weighted by Gasteiger charge is -2.34. The Morgan fingerprint density at radius 3 is 1.87 bits per heavy atom. The lowest BCUT2D eigenvalue weighted by Crippen LogP contribution is -2.51. The average Bonchev–Trinajstić information content (AvgIpc) is 3.08. The predicted octanol–water partition coefficient (Wildman–Crippen LogP) is -7.37. The molecule has 0 fully saturated rings. The Balaban J connectivity index is 1.49. The van der Waals surface area contributed by atoms with Crippen LogP contribution in [0, 0.1) is 0 Å². The summed E-state index contributed by atoms with van der Waals surface area (Å²) in [4.78, 5) is 114. The number of anilines is 4. The number of H-pyrrole nitrogens is 1. The summed E-state index contributed by atoms with van der Waals surface area (Å²) in [5.41, 5.74) is 5.46. The number of amides is 4. The molecule has 22 nitrogen and oxygen atoms in total. The van der Waals surface area contributed by atoms with Crippen molar-refractivity contribution in [3.63, 3.8) is 0 Å². The van der Waals surface area contributed by atoms with Crippen molar-refractivity contribution in [2.24, 2.45) is 0 Å². The van der Waals surface area contributed by atoms with Gasteiger partial charge in [0.05, 0.1) is 42.1 Å². The SMILES string of the molecule is Nc1nc2c(c(=O)[nH]1)N(C=O)[C@@H](CNc1ccc(C(=O)N[C@@H](CCC(=O)N[C@@H](CCC(=O)N[C@@H](CCC(=O)[O-])C(=O)[O-])C(=O)[O-])C(=O)[O-])cc1)CN2. The predicted molar refractivity (Wildman–Crippen MR) is 168 cm³/mol. The van der Waals surface area contributed by atoms with Crippen molar-refractivity contribution in [2.45, 2.75) is 62.7 Å². The molecule has 1 aliphatic heterocycles. The highest BCUT2D eigenvalue weighted by atomic mass is 16.4. The summed E-state index contributed by atoms with van der Waals surface area (Å²) in [6, 6.07) is 0.0533. The van der Waals surface area contributed by atoms with E-state index in [1.807, 2.05) is 10.6 Å². The van der Waals surface area contributed by atoms with Crippen LogP contribution in [0.1, 0.15) is 48.9 Å². The Hall–Kier alpha value is -6.74. The molecule has 4 amide bonds. The van der Waals surface area contributed by atoms with Crippen molar-refractivity contribution in [2.75, 3.05) is 34.4 Å². The first-order chi connectivity index (χ1) is 24.6. The maximum Gasteiger partial charge on any atom is 0.278 e. The number of carboxylic acid groups (broad SMARTS) is 4. The first-order valence-electron chi connectivity index (χ1n) is 15.5. The number of nitrogens with zero attached hydrogens (tertiary/aromatic N) is 2. The summed E-state index contributed by atoms with van der Waals surface area (Å²) in [7, 11) is 0. The lowest BCUT2D eigenvalue weighted by atomic mass is 10.1. The van der Waals surface area contributed by atoms with Crippen LogP contribution in [-0.4, -0.2) is 95.2 Å². The summed E-state index contributed by atoms with van der Waals surface area (Å²) in [6.45, 7) is 0.392. The number of fused-ring (bicyclic) bond motifs is 1. The number of carboxylic acids is 4. The minimum Gasteiger partial charge on any atom is -0.550 e. The molecular weight excluding hydrogens is 694 g/mol. The number of rotatable bonds is 20. The van der Waals surface area contributed by atoms with E-state index >= 15 is 0 Å². The third-order valence-electron chi connectivity index (χ3n) is 7.66. The second-order valence-corrected chi connectivity index (χ2v) is 11.4. The van der Waals surface area contributed by atoms with Crippen LogP contribution in [0.4, 0.5) is 23.1 Å². The van der Waals surface area contributed by atoms with Crippen LogP contribution in [0.25, 0.3) is 0 Å². The van der Waals surface area contributed by atoms with Crippen molar-refractivity contribution in [3.8, 4) is 0 Å². The van der Waals surface area contributed by atoms with Gasteiger partial charge in [0.2, 0.25) is 24.2 Å². The summed E-state index contributed by atoms with van der Waals surface area (Å²) < 4.78 is 0. The second-order valence-electron chi connectivity index (χ2n) is 11.4. The molecule has 4 atom stereocenters. The summed E-state index contributed by atoms with van der Waals surface area (Å²) in [6.07, 6.45) is -3.10. The Labute approximate surface area is 293 Å². The van der Waals surface area contributed by atoms with Crippen LogP contribution in [0.15, 0.2) is 29.1 Å². The van der Waals surface area contributed by atoms with Gasteiger partial charge in [0.25, 0.3) is 11.5 Å². The molecule has 0 radical (unpaired) electrons. The monoisotopic (exact) mass is 727 g/mol. The molecule has 3 rings (SSSR count). The highest BCUT2D eigenvalue weighted by molar-refractivity contribution is 5.97. The molecule has 0 spiro atoms. The number of carbonyl (C=O) groups excluding carboxylic acids is 8. The fourth-order valence-corrected chi connectivity index (χ4v) is 4.96. The first kappa shape index (κ1) is 39.7. The minimum absolute atomic E-state index is 0.00551. The van der Waals surface area contributed by atoms with Gasteiger partial charge in [-0.2, -0.15) is 4.98 Å². The summed E-state index contributed by atoms with van der Waals surface area (Å²) >= 11 is 0. The van der Waals surface area contributed by atoms with Crippen LogP contribution in [0.3, 0.4) is 0 Å². The van der Waals surface area contributed by atoms with E-state index < -0.39 is 110 Å². The van der Waals surface area contributed by atoms with E-state index in [4.69, 9.17) is 5.73 Å². The number of hydrogen-bond acceptors (Lipinski definition) is 17. The summed E-state index contributed by atoms with van der Waals surface area (Å²) in [5.74, 6) is -9.69. The van der Waals surface area contributed by atoms with Crippen LogP contribution in [0.2, 0.25) is 0 Å². The second kappa shape index (κ2) is 18.3. The van der Waals surface area contributed by atoms with Crippen LogP contribution in [-0.2, 0) is 33.6 Å². The Morgan fingerprint density at radius 1 is 0.846 bits per heavy atom. The van der Waals surface area contributed by atoms with Gasteiger partial charge in [-0.1, -0.05) is 0 Å². The highest BCUT2D eigenvalue weighted by Gasteiger charge is 2.30. The molecule has 1 aromatic carbocycles. The first-order valence-corrected chi connectivity index (χ1v) is 15.5. The largest absolute Gasteiger partial charge is 0.550 e. The molecule has 0 saturated carbocycles. The molecule has 0 saturated heterocycles. The molecule has 2 aromatic rings. The number of benzene rings is 1. The van der Waals surface area contributed by atoms with Crippen molar-refractivity contribution >= 4 is 71.1 Å². The standard InChI is InChI=1S/C30H37N9O13/c31-30-37-24-23(26(46)38-30)39(13-40)16(12-33-24)11-32-15-3-1-14(2-4-15)25(45)36-19(29(51)52)6-9-21(42)34-17(27(47)48)5-8-20(41)35-18(28(49)50)7-10-22(43)44/h1-4,13,16-19,32H,5-12H2,(H,34,42)(H,35,41)(H,36,45)(H,43,44)(H,47,48)(H,49,50)(H,51,52)(H4,31,33,37,38,46)/p-4/t16-,17-,18-,19-/m0/s1. The van der Waals surface area contributed by atoms with Gasteiger partial charge in [-0.05, 0) is 49.9 Å². The van der Waals surface area contributed by atoms with E-state index in [-0.39, 0.29) is 36.1 Å². The van der Waals surface area contributed by atoms with Gasteiger partial charge in [0, 0.05) is 43.2 Å². The van der Waals surface area contributed by atoms with Crippen LogP contribution >= 0.6 is 0 Å². The van der Waals surface area contributed by atoms with Gasteiger partial charge in [0.1, 0.15) is 0 Å². The number of aliphatic carboxylic acids is 4. The van der Waals surface area contributed by atoms with Crippen LogP contribution < -0.4 is 63.2 Å². The molecule has 22 heteroatoms. The van der Waals surface area contributed by atoms with Crippen molar-refractivity contribution < 1.29 is 58.8 Å². The van der Waals surface area contributed by atoms with Gasteiger partial charge in [0.15, 0.2) is 11.5 Å². The quantitative estimate of drug-likeness (QED) is 0.0623. The fraction of sp³-hybridized carbons (Fsp3) is 0.400. The highest BCUT2D eigenvalue weighted by Crippen LogP contribution is 2.25. The number of carbonyl (C=O) groups is 8. The molecule has 0 aliphatic carbocycles. The zero-order valence-electron chi connectivity index (χ0n) is 27.1. The molecule has 0 bridgehead atoms. The molecular formula is C30H33N9O13-4. The van der Waals surface area contributed by atoms with Crippen molar-refractivity contribution in [1.29, 1.82) is 0 Å². The molecule has 280 valence electrons. The zero-order chi connectivity index (χ0) is 38.5. The number of hydrogen-bond donors (Lipinski definition) is 7. The van der Waals surface area contributed by atoms with Crippen molar-refractivity contribution in [1.82, 2.24) is 25.9 Å². The Bertz CT molecular complexity index is 1750. The topological polar surface area (TPSA) is 364 Å². The zero-order valence-corrected chi connectivity index (χ0v) is 27.1. The normalized spacial score (nSPS) is 15.0. The number of nitrogens with two attached hydrogens (primary N) is 1. The van der Waals surface area contributed by atoms with E-state index in [2.05, 4.69) is 25.9 Å². The average molecular weight is 728 g/mol. The number of nitrogen functional groups attached to an aromatic ring is 1. The van der Waals surface area contributed by atoms with E-state index in [1.165, 1.54) is 29.2 Å². The Kier molecular flexibility index (Phi) is 14.0. The Morgan fingerprint density at radius 2 is 1.37 bits per heavy atom. The molecule has 52 heavy (non-hydrogen) atoms. The third kappa shape index (κ3) is 11.4. The molecule has 2 heterocycles. The third-order valence-corrected chi connectivity index (χ3v) is 7.66. The maximum atomic E-state index is 12.8. The van der Waals surface area contributed by atoms with E-state index in [0.29, 0.717) is 12.1 Å². The van der Waals surface area contributed by atoms with Crippen LogP contribution in [0.5, 0.6) is 0 Å². The van der Waals surface area contributed by atoms with Gasteiger partial charge < -0.3 is 76.8 Å². The van der Waals surface area contributed by atoms with E-state index in [0.717, 1.165) is 0 Å². The number of aromatic nitrogens is 2. The smallest absolute Gasteiger partial charge is 0.278 e.